The normalized spacial score (nSPS) is 13.5. The molecule has 1 amide bonds. The van der Waals surface area contributed by atoms with Gasteiger partial charge in [0.05, 0.1) is 0 Å². The standard InChI is InChI=1S/C15H23NO/c1-10-6-7-12(11(2)8-10)13(9-14(16)17)15(3,4)5/h6-8,13H,9H2,1-5H3,(H2,16,17). The van der Waals surface area contributed by atoms with Crippen molar-refractivity contribution in [2.45, 2.75) is 47.0 Å². The molecular formula is C15H23NO. The summed E-state index contributed by atoms with van der Waals surface area (Å²) >= 11 is 0. The highest BCUT2D eigenvalue weighted by atomic mass is 16.1. The van der Waals surface area contributed by atoms with E-state index in [2.05, 4.69) is 52.8 Å². The molecule has 0 spiro atoms. The summed E-state index contributed by atoms with van der Waals surface area (Å²) in [6.07, 6.45) is 0.410. The Morgan fingerprint density at radius 1 is 1.29 bits per heavy atom. The number of benzene rings is 1. The lowest BCUT2D eigenvalue weighted by Crippen LogP contribution is -2.25. The molecule has 0 aliphatic rings. The average Bonchev–Trinajstić information content (AvgIpc) is 2.13. The van der Waals surface area contributed by atoms with E-state index >= 15 is 0 Å². The van der Waals surface area contributed by atoms with Crippen LogP contribution in [0.2, 0.25) is 0 Å². The van der Waals surface area contributed by atoms with Crippen LogP contribution in [0.25, 0.3) is 0 Å². The SMILES string of the molecule is Cc1ccc(C(CC(N)=O)C(C)(C)C)c(C)c1. The minimum Gasteiger partial charge on any atom is -0.370 e. The zero-order valence-corrected chi connectivity index (χ0v) is 11.5. The molecule has 1 aromatic rings. The lowest BCUT2D eigenvalue weighted by molar-refractivity contribution is -0.118. The maximum Gasteiger partial charge on any atom is 0.218 e. The second-order valence-electron chi connectivity index (χ2n) is 5.95. The summed E-state index contributed by atoms with van der Waals surface area (Å²) in [5.74, 6) is -0.0505. The summed E-state index contributed by atoms with van der Waals surface area (Å²) in [6.45, 7) is 10.6. The van der Waals surface area contributed by atoms with Crippen molar-refractivity contribution in [3.8, 4) is 0 Å². The van der Waals surface area contributed by atoms with E-state index in [9.17, 15) is 4.79 Å². The van der Waals surface area contributed by atoms with Crippen LogP contribution >= 0.6 is 0 Å². The quantitative estimate of drug-likeness (QED) is 0.855. The van der Waals surface area contributed by atoms with E-state index in [1.165, 1.54) is 16.7 Å². The first-order valence-corrected chi connectivity index (χ1v) is 6.07. The molecule has 0 aliphatic carbocycles. The van der Waals surface area contributed by atoms with E-state index in [4.69, 9.17) is 5.73 Å². The van der Waals surface area contributed by atoms with Crippen LogP contribution in [0.15, 0.2) is 18.2 Å². The fourth-order valence-corrected chi connectivity index (χ4v) is 2.30. The lowest BCUT2D eigenvalue weighted by Gasteiger charge is -2.31. The number of aryl methyl sites for hydroxylation is 2. The van der Waals surface area contributed by atoms with Gasteiger partial charge in [0.2, 0.25) is 5.91 Å². The van der Waals surface area contributed by atoms with Gasteiger partial charge in [0.1, 0.15) is 0 Å². The molecule has 0 fully saturated rings. The first-order chi connectivity index (χ1) is 7.71. The third kappa shape index (κ3) is 3.58. The predicted octanol–water partition coefficient (Wildman–Crippen LogP) is 3.31. The van der Waals surface area contributed by atoms with E-state index < -0.39 is 0 Å². The summed E-state index contributed by atoms with van der Waals surface area (Å²) in [7, 11) is 0. The molecule has 0 saturated carbocycles. The van der Waals surface area contributed by atoms with Crippen LogP contribution in [0.4, 0.5) is 0 Å². The molecule has 0 heterocycles. The van der Waals surface area contributed by atoms with Gasteiger partial charge < -0.3 is 5.73 Å². The first-order valence-electron chi connectivity index (χ1n) is 6.07. The molecule has 0 aromatic heterocycles. The van der Waals surface area contributed by atoms with Crippen molar-refractivity contribution in [3.63, 3.8) is 0 Å². The van der Waals surface area contributed by atoms with E-state index in [0.29, 0.717) is 6.42 Å². The van der Waals surface area contributed by atoms with Crippen LogP contribution < -0.4 is 5.73 Å². The van der Waals surface area contributed by atoms with Crippen molar-refractivity contribution < 1.29 is 4.79 Å². The first kappa shape index (κ1) is 13.8. The van der Waals surface area contributed by atoms with Crippen molar-refractivity contribution in [1.29, 1.82) is 0 Å². The third-order valence-electron chi connectivity index (χ3n) is 3.25. The van der Waals surface area contributed by atoms with Crippen LogP contribution in [0.3, 0.4) is 0 Å². The van der Waals surface area contributed by atoms with Gasteiger partial charge in [0, 0.05) is 6.42 Å². The highest BCUT2D eigenvalue weighted by Crippen LogP contribution is 2.39. The van der Waals surface area contributed by atoms with E-state index in [0.717, 1.165) is 0 Å². The number of amides is 1. The monoisotopic (exact) mass is 233 g/mol. The van der Waals surface area contributed by atoms with Gasteiger partial charge in [-0.2, -0.15) is 0 Å². The summed E-state index contributed by atoms with van der Waals surface area (Å²) in [4.78, 5) is 11.2. The minimum atomic E-state index is -0.232. The Balaban J connectivity index is 3.17. The number of carbonyl (C=O) groups is 1. The Morgan fingerprint density at radius 2 is 1.88 bits per heavy atom. The minimum absolute atomic E-state index is 0.0368. The molecular weight excluding hydrogens is 210 g/mol. The fourth-order valence-electron chi connectivity index (χ4n) is 2.30. The van der Waals surface area contributed by atoms with Gasteiger partial charge in [-0.25, -0.2) is 0 Å². The molecule has 2 heteroatoms. The van der Waals surface area contributed by atoms with Crippen LogP contribution in [0.5, 0.6) is 0 Å². The molecule has 2 nitrogen and oxygen atoms in total. The number of rotatable bonds is 3. The lowest BCUT2D eigenvalue weighted by atomic mass is 9.73. The number of nitrogens with two attached hydrogens (primary N) is 1. The molecule has 1 aromatic carbocycles. The van der Waals surface area contributed by atoms with Gasteiger partial charge in [-0.15, -0.1) is 0 Å². The summed E-state index contributed by atoms with van der Waals surface area (Å²) in [6, 6.07) is 6.39. The van der Waals surface area contributed by atoms with E-state index in [1.54, 1.807) is 0 Å². The second kappa shape index (κ2) is 4.91. The van der Waals surface area contributed by atoms with Gasteiger partial charge in [0.25, 0.3) is 0 Å². The van der Waals surface area contributed by atoms with Gasteiger partial charge in [-0.1, -0.05) is 44.5 Å². The Labute approximate surface area is 104 Å². The fraction of sp³-hybridized carbons (Fsp3) is 0.533. The van der Waals surface area contributed by atoms with Crippen LogP contribution in [-0.2, 0) is 4.79 Å². The molecule has 0 saturated heterocycles. The molecule has 0 radical (unpaired) electrons. The number of hydrogen-bond acceptors (Lipinski definition) is 1. The van der Waals surface area contributed by atoms with E-state index in [-0.39, 0.29) is 17.2 Å². The second-order valence-corrected chi connectivity index (χ2v) is 5.95. The highest BCUT2D eigenvalue weighted by Gasteiger charge is 2.28. The van der Waals surface area contributed by atoms with Crippen LogP contribution in [0.1, 0.15) is 49.8 Å². The van der Waals surface area contributed by atoms with Crippen molar-refractivity contribution in [2.24, 2.45) is 11.1 Å². The van der Waals surface area contributed by atoms with Crippen molar-refractivity contribution in [2.75, 3.05) is 0 Å². The van der Waals surface area contributed by atoms with Crippen LogP contribution in [0, 0.1) is 19.3 Å². The number of primary amides is 1. The predicted molar refractivity (Wildman–Crippen MR) is 71.9 cm³/mol. The Bertz CT molecular complexity index is 415. The summed E-state index contributed by atoms with van der Waals surface area (Å²) < 4.78 is 0. The van der Waals surface area contributed by atoms with Gasteiger partial charge in [0.15, 0.2) is 0 Å². The highest BCUT2D eigenvalue weighted by molar-refractivity contribution is 5.75. The van der Waals surface area contributed by atoms with E-state index in [1.807, 2.05) is 0 Å². The van der Waals surface area contributed by atoms with Crippen molar-refractivity contribution in [3.05, 3.63) is 34.9 Å². The Hall–Kier alpha value is -1.31. The molecule has 1 unspecified atom stereocenters. The maximum atomic E-state index is 11.2. The maximum absolute atomic E-state index is 11.2. The van der Waals surface area contributed by atoms with Gasteiger partial charge in [-0.05, 0) is 36.3 Å². The Kier molecular flexibility index (Phi) is 3.97. The van der Waals surface area contributed by atoms with Crippen molar-refractivity contribution >= 4 is 5.91 Å². The summed E-state index contributed by atoms with van der Waals surface area (Å²) in [5.41, 5.74) is 9.13. The smallest absolute Gasteiger partial charge is 0.218 e. The number of carbonyl (C=O) groups excluding carboxylic acids is 1. The van der Waals surface area contributed by atoms with Gasteiger partial charge in [-0.3, -0.25) is 4.79 Å². The molecule has 0 bridgehead atoms. The molecule has 2 N–H and O–H groups in total. The summed E-state index contributed by atoms with van der Waals surface area (Å²) in [5, 5.41) is 0. The zero-order chi connectivity index (χ0) is 13.2. The Morgan fingerprint density at radius 3 is 2.29 bits per heavy atom. The largest absolute Gasteiger partial charge is 0.370 e. The molecule has 1 rings (SSSR count). The average molecular weight is 233 g/mol. The number of hydrogen-bond donors (Lipinski definition) is 1. The third-order valence-corrected chi connectivity index (χ3v) is 3.25. The molecule has 94 valence electrons. The zero-order valence-electron chi connectivity index (χ0n) is 11.5. The van der Waals surface area contributed by atoms with Crippen molar-refractivity contribution in [1.82, 2.24) is 0 Å². The van der Waals surface area contributed by atoms with Gasteiger partial charge >= 0.3 is 0 Å². The molecule has 0 aliphatic heterocycles. The topological polar surface area (TPSA) is 43.1 Å². The molecule has 1 atom stereocenters. The molecule has 17 heavy (non-hydrogen) atoms. The van der Waals surface area contributed by atoms with Crippen LogP contribution in [-0.4, -0.2) is 5.91 Å².